The third-order valence-electron chi connectivity index (χ3n) is 6.63. The average molecular weight is 524 g/mol. The van der Waals surface area contributed by atoms with Gasteiger partial charge in [-0.25, -0.2) is 13.6 Å². The number of nitrogens with one attached hydrogen (secondary N) is 1. The first kappa shape index (κ1) is 27.2. The number of aliphatic hydroxyl groups excluding tert-OH is 1. The van der Waals surface area contributed by atoms with Gasteiger partial charge in [-0.3, -0.25) is 9.36 Å². The molecule has 0 aliphatic carbocycles. The number of hydrogen-bond acceptors (Lipinski definition) is 5. The van der Waals surface area contributed by atoms with Gasteiger partial charge in [0, 0.05) is 25.2 Å². The minimum atomic E-state index is -1.19. The van der Waals surface area contributed by atoms with E-state index in [1.807, 2.05) is 31.2 Å². The molecule has 0 fully saturated rings. The summed E-state index contributed by atoms with van der Waals surface area (Å²) in [5.74, 6) is -3.30. The van der Waals surface area contributed by atoms with E-state index in [1.54, 1.807) is 24.3 Å². The fourth-order valence-electron chi connectivity index (χ4n) is 4.57. The van der Waals surface area contributed by atoms with E-state index >= 15 is 0 Å². The van der Waals surface area contributed by atoms with Crippen LogP contribution in [0.4, 0.5) is 8.78 Å². The lowest BCUT2D eigenvalue weighted by molar-refractivity contribution is -0.126. The van der Waals surface area contributed by atoms with E-state index in [-0.39, 0.29) is 31.8 Å². The molecule has 1 aromatic heterocycles. The van der Waals surface area contributed by atoms with Crippen molar-refractivity contribution in [1.29, 1.82) is 0 Å². The number of fused-ring (bicyclic) bond motifs is 1. The van der Waals surface area contributed by atoms with Gasteiger partial charge in [-0.15, -0.1) is 0 Å². The van der Waals surface area contributed by atoms with Gasteiger partial charge in [0.15, 0.2) is 5.58 Å². The molecule has 4 aromatic rings. The van der Waals surface area contributed by atoms with Gasteiger partial charge in [0.25, 0.3) is 0 Å². The van der Waals surface area contributed by atoms with Crippen molar-refractivity contribution in [2.75, 3.05) is 0 Å². The minimum Gasteiger partial charge on any atom is -0.408 e. The number of aromatic nitrogens is 1. The number of hydrogen-bond donors (Lipinski definition) is 3. The summed E-state index contributed by atoms with van der Waals surface area (Å²) < 4.78 is 33.9. The fraction of sp³-hybridized carbons (Fsp3) is 0.310. The van der Waals surface area contributed by atoms with Crippen molar-refractivity contribution in [3.05, 3.63) is 106 Å². The van der Waals surface area contributed by atoms with E-state index in [0.29, 0.717) is 16.7 Å². The molecule has 0 aliphatic rings. The van der Waals surface area contributed by atoms with E-state index in [9.17, 15) is 23.5 Å². The van der Waals surface area contributed by atoms with Crippen LogP contribution in [-0.4, -0.2) is 27.7 Å². The lowest BCUT2D eigenvalue weighted by Crippen LogP contribution is -2.42. The van der Waals surface area contributed by atoms with Gasteiger partial charge >= 0.3 is 5.76 Å². The maximum atomic E-state index is 13.6. The topological polar surface area (TPSA) is 110 Å². The zero-order chi connectivity index (χ0) is 27.2. The molecule has 1 amide bonds. The molecule has 1 unspecified atom stereocenters. The number of aryl methyl sites for hydroxylation is 1. The summed E-state index contributed by atoms with van der Waals surface area (Å²) in [4.78, 5) is 25.9. The van der Waals surface area contributed by atoms with Crippen LogP contribution >= 0.6 is 0 Å². The molecule has 3 atom stereocenters. The molecule has 0 saturated carbocycles. The van der Waals surface area contributed by atoms with E-state index < -0.39 is 35.5 Å². The molecular weight excluding hydrogens is 492 g/mol. The van der Waals surface area contributed by atoms with Gasteiger partial charge in [-0.2, -0.15) is 0 Å². The molecule has 0 radical (unpaired) electrons. The molecule has 0 saturated heterocycles. The van der Waals surface area contributed by atoms with Gasteiger partial charge in [0.05, 0.1) is 17.5 Å². The van der Waals surface area contributed by atoms with E-state index in [0.717, 1.165) is 35.7 Å². The number of oxazole rings is 1. The van der Waals surface area contributed by atoms with Crippen LogP contribution in [0.2, 0.25) is 0 Å². The van der Waals surface area contributed by atoms with Gasteiger partial charge < -0.3 is 20.6 Å². The second-order valence-electron chi connectivity index (χ2n) is 9.48. The Bertz CT molecular complexity index is 1450. The Morgan fingerprint density at radius 2 is 1.74 bits per heavy atom. The molecule has 38 heavy (non-hydrogen) atoms. The maximum absolute atomic E-state index is 13.6. The quantitative estimate of drug-likeness (QED) is 0.278. The van der Waals surface area contributed by atoms with E-state index in [2.05, 4.69) is 5.32 Å². The molecule has 0 aliphatic heterocycles. The number of aliphatic hydroxyl groups is 1. The summed E-state index contributed by atoms with van der Waals surface area (Å²) in [5, 5.41) is 13.8. The Balaban J connectivity index is 1.53. The number of rotatable bonds is 11. The third-order valence-corrected chi connectivity index (χ3v) is 6.63. The highest BCUT2D eigenvalue weighted by atomic mass is 19.1. The van der Waals surface area contributed by atoms with Crippen molar-refractivity contribution in [3.63, 3.8) is 0 Å². The molecule has 4 N–H and O–H groups in total. The standard InChI is InChI=1S/C29H31F2N3O4/c1-2-18-6-5-7-19(10-18)16-33-28(36)21(17-34-25-8-3-4-9-27(25)38-29(34)37)14-26(35)24(32)13-20-11-22(30)15-23(31)12-20/h3-12,15,21,24,26,35H,2,13-14,16-17,32H2,1H3,(H,33,36)/t21?,24-,26+/m0/s1. The summed E-state index contributed by atoms with van der Waals surface area (Å²) in [6.07, 6.45) is -0.400. The number of para-hydroxylation sites is 2. The number of carbonyl (C=O) groups excluding carboxylic acids is 1. The first-order valence-corrected chi connectivity index (χ1v) is 12.6. The van der Waals surface area contributed by atoms with Crippen molar-refractivity contribution in [2.45, 2.75) is 51.4 Å². The largest absolute Gasteiger partial charge is 0.419 e. The monoisotopic (exact) mass is 523 g/mol. The number of benzene rings is 3. The number of halogens is 2. The number of nitrogens with zero attached hydrogens (tertiary/aromatic N) is 1. The summed E-state index contributed by atoms with van der Waals surface area (Å²) in [5.41, 5.74) is 9.45. The lowest BCUT2D eigenvalue weighted by atomic mass is 9.93. The molecule has 7 nitrogen and oxygen atoms in total. The average Bonchev–Trinajstić information content (AvgIpc) is 3.20. The highest BCUT2D eigenvalue weighted by molar-refractivity contribution is 5.79. The fourth-order valence-corrected chi connectivity index (χ4v) is 4.57. The highest BCUT2D eigenvalue weighted by Crippen LogP contribution is 2.19. The predicted octanol–water partition coefficient (Wildman–Crippen LogP) is 3.69. The summed E-state index contributed by atoms with van der Waals surface area (Å²) >= 11 is 0. The highest BCUT2D eigenvalue weighted by Gasteiger charge is 2.28. The van der Waals surface area contributed by atoms with Crippen molar-refractivity contribution in [1.82, 2.24) is 9.88 Å². The number of nitrogens with two attached hydrogens (primary N) is 1. The number of amides is 1. The van der Waals surface area contributed by atoms with Crippen LogP contribution in [0.1, 0.15) is 30.0 Å². The first-order chi connectivity index (χ1) is 18.2. The molecule has 4 rings (SSSR count). The van der Waals surface area contributed by atoms with Crippen LogP contribution in [0.3, 0.4) is 0 Å². The van der Waals surface area contributed by atoms with Crippen molar-refractivity contribution >= 4 is 17.0 Å². The summed E-state index contributed by atoms with van der Waals surface area (Å²) in [6.45, 7) is 2.27. The third kappa shape index (κ3) is 6.73. The van der Waals surface area contributed by atoms with Gasteiger partial charge in [0.2, 0.25) is 5.91 Å². The second kappa shape index (κ2) is 12.1. The first-order valence-electron chi connectivity index (χ1n) is 12.6. The molecular formula is C29H31F2N3O4. The van der Waals surface area contributed by atoms with Crippen LogP contribution in [0, 0.1) is 17.6 Å². The predicted molar refractivity (Wildman–Crippen MR) is 140 cm³/mol. The lowest BCUT2D eigenvalue weighted by Gasteiger charge is -2.24. The summed E-state index contributed by atoms with van der Waals surface area (Å²) in [7, 11) is 0. The molecule has 9 heteroatoms. The Morgan fingerprint density at radius 1 is 1.03 bits per heavy atom. The second-order valence-corrected chi connectivity index (χ2v) is 9.48. The molecule has 200 valence electrons. The van der Waals surface area contributed by atoms with Gasteiger partial charge in [-0.05, 0) is 60.2 Å². The number of carbonyl (C=O) groups is 1. The molecule has 1 heterocycles. The summed E-state index contributed by atoms with van der Waals surface area (Å²) in [6, 6.07) is 16.9. The zero-order valence-electron chi connectivity index (χ0n) is 21.1. The Kier molecular flexibility index (Phi) is 8.70. The van der Waals surface area contributed by atoms with E-state index in [1.165, 1.54) is 4.57 Å². The molecule has 0 spiro atoms. The van der Waals surface area contributed by atoms with E-state index in [4.69, 9.17) is 10.2 Å². The maximum Gasteiger partial charge on any atom is 0.419 e. The minimum absolute atomic E-state index is 0.00256. The van der Waals surface area contributed by atoms with Crippen LogP contribution in [0.25, 0.3) is 11.1 Å². The normalized spacial score (nSPS) is 13.8. The van der Waals surface area contributed by atoms with Crippen LogP contribution < -0.4 is 16.8 Å². The Morgan fingerprint density at radius 3 is 2.47 bits per heavy atom. The van der Waals surface area contributed by atoms with Gasteiger partial charge in [0.1, 0.15) is 11.6 Å². The zero-order valence-corrected chi connectivity index (χ0v) is 21.1. The SMILES string of the molecule is CCc1cccc(CNC(=O)C(C[C@@H](O)[C@@H](N)Cc2cc(F)cc(F)c2)Cn2c(=O)oc3ccccc32)c1. The van der Waals surface area contributed by atoms with Crippen LogP contribution in [0.5, 0.6) is 0 Å². The van der Waals surface area contributed by atoms with Crippen molar-refractivity contribution in [3.8, 4) is 0 Å². The van der Waals surface area contributed by atoms with Crippen LogP contribution in [-0.2, 0) is 30.7 Å². The smallest absolute Gasteiger partial charge is 0.408 e. The Hall–Kier alpha value is -3.82. The van der Waals surface area contributed by atoms with Crippen LogP contribution in [0.15, 0.2) is 75.9 Å². The molecule has 3 aromatic carbocycles. The van der Waals surface area contributed by atoms with Crippen molar-refractivity contribution in [2.24, 2.45) is 11.7 Å². The van der Waals surface area contributed by atoms with Gasteiger partial charge in [-0.1, -0.05) is 43.3 Å². The molecule has 0 bridgehead atoms. The Labute approximate surface area is 218 Å². The van der Waals surface area contributed by atoms with Crippen molar-refractivity contribution < 1.29 is 23.1 Å².